The lowest BCUT2D eigenvalue weighted by Gasteiger charge is -2.10. The third-order valence-corrected chi connectivity index (χ3v) is 3.67. The van der Waals surface area contributed by atoms with Gasteiger partial charge >= 0.3 is 0 Å². The van der Waals surface area contributed by atoms with E-state index in [9.17, 15) is 0 Å². The molecule has 6 nitrogen and oxygen atoms in total. The van der Waals surface area contributed by atoms with Gasteiger partial charge in [0.15, 0.2) is 5.96 Å². The molecule has 7 heteroatoms. The van der Waals surface area contributed by atoms with Gasteiger partial charge < -0.3 is 10.6 Å². The highest BCUT2D eigenvalue weighted by Crippen LogP contribution is 2.13. The van der Waals surface area contributed by atoms with Gasteiger partial charge in [-0.25, -0.2) is 4.68 Å². The van der Waals surface area contributed by atoms with Crippen molar-refractivity contribution in [2.75, 3.05) is 13.6 Å². The van der Waals surface area contributed by atoms with Crippen LogP contribution in [0.4, 0.5) is 0 Å². The van der Waals surface area contributed by atoms with Crippen LogP contribution in [0.5, 0.6) is 0 Å². The third kappa shape index (κ3) is 5.60. The van der Waals surface area contributed by atoms with E-state index >= 15 is 0 Å². The molecule has 0 fully saturated rings. The maximum Gasteiger partial charge on any atom is 0.191 e. The highest BCUT2D eigenvalue weighted by molar-refractivity contribution is 6.30. The van der Waals surface area contributed by atoms with Crippen LogP contribution in [0.25, 0.3) is 5.69 Å². The number of rotatable bonds is 7. The molecule has 0 spiro atoms. The summed E-state index contributed by atoms with van der Waals surface area (Å²) in [6.45, 7) is 1.43. The van der Waals surface area contributed by atoms with Gasteiger partial charge in [-0.15, -0.1) is 0 Å². The zero-order valence-electron chi connectivity index (χ0n) is 13.7. The Bertz CT molecular complexity index is 699. The molecule has 0 aliphatic heterocycles. The smallest absolute Gasteiger partial charge is 0.191 e. The number of unbranched alkanes of at least 4 members (excludes halogenated alkanes) is 2. The average molecular weight is 345 g/mol. The number of nitriles is 1. The first-order chi connectivity index (χ1) is 11.7. The van der Waals surface area contributed by atoms with Crippen molar-refractivity contribution in [3.05, 3.63) is 47.2 Å². The fraction of sp³-hybridized carbons (Fsp3) is 0.353. The van der Waals surface area contributed by atoms with Gasteiger partial charge in [-0.05, 0) is 37.1 Å². The normalized spacial score (nSPS) is 11.1. The van der Waals surface area contributed by atoms with Crippen molar-refractivity contribution in [3.8, 4) is 11.8 Å². The number of nitrogens with one attached hydrogen (secondary N) is 2. The van der Waals surface area contributed by atoms with Gasteiger partial charge in [0.25, 0.3) is 0 Å². The summed E-state index contributed by atoms with van der Waals surface area (Å²) in [7, 11) is 1.74. The molecule has 0 saturated heterocycles. The zero-order valence-corrected chi connectivity index (χ0v) is 14.4. The SMILES string of the molecule is CN=C(NCCCCC#N)NCc1cnn(-c2ccc(Cl)cc2)c1. The standard InChI is InChI=1S/C17H21ClN6/c1-20-17(21-10-4-2-3-9-19)22-11-14-12-23-24(13-14)16-7-5-15(18)6-8-16/h5-8,12-13H,2-4,10-11H2,1H3,(H2,20,21,22). The van der Waals surface area contributed by atoms with E-state index in [1.54, 1.807) is 7.05 Å². The summed E-state index contributed by atoms with van der Waals surface area (Å²) in [6, 6.07) is 9.68. The van der Waals surface area contributed by atoms with Gasteiger partial charge in [-0.1, -0.05) is 11.6 Å². The molecule has 0 radical (unpaired) electrons. The summed E-state index contributed by atoms with van der Waals surface area (Å²) in [5.74, 6) is 0.742. The largest absolute Gasteiger partial charge is 0.356 e. The molecule has 2 rings (SSSR count). The fourth-order valence-corrected chi connectivity index (χ4v) is 2.25. The van der Waals surface area contributed by atoms with Crippen LogP contribution in [0.1, 0.15) is 24.8 Å². The average Bonchev–Trinajstić information content (AvgIpc) is 3.07. The molecule has 126 valence electrons. The Labute approximate surface area is 147 Å². The summed E-state index contributed by atoms with van der Waals surface area (Å²) in [5, 5.41) is 20.1. The monoisotopic (exact) mass is 344 g/mol. The first-order valence-corrected chi connectivity index (χ1v) is 8.21. The molecule has 0 atom stereocenters. The summed E-state index contributed by atoms with van der Waals surface area (Å²) < 4.78 is 1.81. The third-order valence-electron chi connectivity index (χ3n) is 3.42. The first-order valence-electron chi connectivity index (χ1n) is 7.84. The molecule has 1 heterocycles. The van der Waals surface area contributed by atoms with Crippen LogP contribution in [0.15, 0.2) is 41.7 Å². The van der Waals surface area contributed by atoms with Crippen LogP contribution < -0.4 is 10.6 Å². The van der Waals surface area contributed by atoms with Crippen molar-refractivity contribution >= 4 is 17.6 Å². The lowest BCUT2D eigenvalue weighted by molar-refractivity contribution is 0.705. The maximum atomic E-state index is 8.51. The zero-order chi connectivity index (χ0) is 17.2. The number of hydrogen-bond donors (Lipinski definition) is 2. The second-order valence-corrected chi connectivity index (χ2v) is 5.67. The van der Waals surface area contributed by atoms with E-state index in [1.807, 2.05) is 41.3 Å². The predicted molar refractivity (Wildman–Crippen MR) is 96.2 cm³/mol. The van der Waals surface area contributed by atoms with Crippen LogP contribution in [0.3, 0.4) is 0 Å². The van der Waals surface area contributed by atoms with Crippen LogP contribution in [0, 0.1) is 11.3 Å². The van der Waals surface area contributed by atoms with Gasteiger partial charge in [0, 0.05) is 43.3 Å². The molecule has 0 aliphatic carbocycles. The molecule has 0 saturated carbocycles. The van der Waals surface area contributed by atoms with Crippen molar-refractivity contribution in [3.63, 3.8) is 0 Å². The quantitative estimate of drug-likeness (QED) is 0.460. The number of aliphatic imine (C=N–C) groups is 1. The summed E-state index contributed by atoms with van der Waals surface area (Å²) in [4.78, 5) is 4.18. The van der Waals surface area contributed by atoms with Crippen molar-refractivity contribution in [2.45, 2.75) is 25.8 Å². The molecule has 0 amide bonds. The number of benzene rings is 1. The topological polar surface area (TPSA) is 78.0 Å². The molecule has 2 N–H and O–H groups in total. The number of hydrogen-bond acceptors (Lipinski definition) is 3. The predicted octanol–water partition coefficient (Wildman–Crippen LogP) is 2.88. The van der Waals surface area contributed by atoms with E-state index in [4.69, 9.17) is 16.9 Å². The highest BCUT2D eigenvalue weighted by atomic mass is 35.5. The number of aromatic nitrogens is 2. The molecule has 1 aromatic heterocycles. The Morgan fingerprint density at radius 2 is 2.08 bits per heavy atom. The van der Waals surface area contributed by atoms with Gasteiger partial charge in [0.05, 0.1) is 18.0 Å². The van der Waals surface area contributed by atoms with Crippen LogP contribution >= 0.6 is 11.6 Å². The second kappa shape index (κ2) is 9.58. The van der Waals surface area contributed by atoms with Crippen LogP contribution in [-0.2, 0) is 6.54 Å². The first kappa shape index (κ1) is 17.8. The Kier molecular flexibility index (Phi) is 7.12. The van der Waals surface area contributed by atoms with E-state index in [1.165, 1.54) is 0 Å². The Balaban J connectivity index is 1.81. The fourth-order valence-electron chi connectivity index (χ4n) is 2.13. The molecular weight excluding hydrogens is 324 g/mol. The Morgan fingerprint density at radius 1 is 1.29 bits per heavy atom. The Morgan fingerprint density at radius 3 is 2.79 bits per heavy atom. The highest BCUT2D eigenvalue weighted by Gasteiger charge is 2.03. The van der Waals surface area contributed by atoms with Gasteiger partial charge in [0.2, 0.25) is 0 Å². The molecule has 24 heavy (non-hydrogen) atoms. The van der Waals surface area contributed by atoms with Crippen molar-refractivity contribution < 1.29 is 0 Å². The number of guanidine groups is 1. The molecule has 0 unspecified atom stereocenters. The molecule has 1 aromatic carbocycles. The lowest BCUT2D eigenvalue weighted by atomic mass is 10.2. The van der Waals surface area contributed by atoms with Crippen molar-refractivity contribution in [2.24, 2.45) is 4.99 Å². The van der Waals surface area contributed by atoms with Gasteiger partial charge in [-0.2, -0.15) is 10.4 Å². The summed E-state index contributed by atoms with van der Waals surface area (Å²) in [5.41, 5.74) is 2.02. The summed E-state index contributed by atoms with van der Waals surface area (Å²) >= 11 is 5.90. The van der Waals surface area contributed by atoms with E-state index in [2.05, 4.69) is 26.8 Å². The van der Waals surface area contributed by atoms with E-state index in [0.717, 1.165) is 36.6 Å². The Hall–Kier alpha value is -2.52. The minimum absolute atomic E-state index is 0.595. The maximum absolute atomic E-state index is 8.51. The van der Waals surface area contributed by atoms with E-state index in [0.29, 0.717) is 18.0 Å². The van der Waals surface area contributed by atoms with Crippen molar-refractivity contribution in [1.82, 2.24) is 20.4 Å². The number of nitrogens with zero attached hydrogens (tertiary/aromatic N) is 4. The minimum atomic E-state index is 0.595. The molecule has 0 bridgehead atoms. The molecule has 2 aromatic rings. The number of halogens is 1. The van der Waals surface area contributed by atoms with E-state index < -0.39 is 0 Å². The van der Waals surface area contributed by atoms with E-state index in [-0.39, 0.29) is 0 Å². The lowest BCUT2D eigenvalue weighted by Crippen LogP contribution is -2.37. The van der Waals surface area contributed by atoms with Crippen LogP contribution in [0.2, 0.25) is 5.02 Å². The van der Waals surface area contributed by atoms with Crippen molar-refractivity contribution in [1.29, 1.82) is 5.26 Å². The molecular formula is C17H21ClN6. The summed E-state index contributed by atoms with van der Waals surface area (Å²) in [6.07, 6.45) is 6.23. The second-order valence-electron chi connectivity index (χ2n) is 5.24. The molecule has 0 aliphatic rings. The minimum Gasteiger partial charge on any atom is -0.356 e. The van der Waals surface area contributed by atoms with Crippen LogP contribution in [-0.4, -0.2) is 29.3 Å². The van der Waals surface area contributed by atoms with Gasteiger partial charge in [-0.3, -0.25) is 4.99 Å². The van der Waals surface area contributed by atoms with Gasteiger partial charge in [0.1, 0.15) is 0 Å².